The second-order valence-corrected chi connectivity index (χ2v) is 4.81. The molecule has 1 amide bonds. The number of rotatable bonds is 4. The van der Waals surface area contributed by atoms with E-state index in [0.717, 1.165) is 18.4 Å². The summed E-state index contributed by atoms with van der Waals surface area (Å²) >= 11 is 0. The lowest BCUT2D eigenvalue weighted by molar-refractivity contribution is -0.123. The number of carbonyl (C=O) groups excluding carboxylic acids is 1. The Kier molecular flexibility index (Phi) is 4.07. The first-order valence-corrected chi connectivity index (χ1v) is 6.44. The van der Waals surface area contributed by atoms with Gasteiger partial charge < -0.3 is 15.8 Å². The first kappa shape index (κ1) is 12.7. The van der Waals surface area contributed by atoms with Crippen molar-refractivity contribution >= 4 is 11.6 Å². The molecule has 1 aromatic carbocycles. The molecule has 2 rings (SSSR count). The van der Waals surface area contributed by atoms with Crippen LogP contribution < -0.4 is 15.8 Å². The summed E-state index contributed by atoms with van der Waals surface area (Å²) in [6.45, 7) is 1.94. The second kappa shape index (κ2) is 5.76. The standard InChI is InChI=1S/C14H20N2O2/c1-10-12(15)7-4-8-13(10)18-9-14(17)16-11-5-2-3-6-11/h4,7-8,11H,2-3,5-6,9,15H2,1H3,(H,16,17). The molecule has 4 nitrogen and oxygen atoms in total. The molecule has 1 aliphatic rings. The van der Waals surface area contributed by atoms with E-state index in [9.17, 15) is 4.79 Å². The predicted molar refractivity (Wildman–Crippen MR) is 71.5 cm³/mol. The molecule has 4 heteroatoms. The number of anilines is 1. The van der Waals surface area contributed by atoms with E-state index >= 15 is 0 Å². The SMILES string of the molecule is Cc1c(N)cccc1OCC(=O)NC1CCCC1. The molecule has 3 N–H and O–H groups in total. The molecular weight excluding hydrogens is 228 g/mol. The minimum atomic E-state index is -0.0521. The van der Waals surface area contributed by atoms with E-state index in [2.05, 4.69) is 5.32 Å². The van der Waals surface area contributed by atoms with Gasteiger partial charge in [-0.2, -0.15) is 0 Å². The maximum absolute atomic E-state index is 11.7. The number of nitrogens with two attached hydrogens (primary N) is 1. The van der Waals surface area contributed by atoms with Crippen molar-refractivity contribution in [1.82, 2.24) is 5.32 Å². The minimum absolute atomic E-state index is 0.0521. The quantitative estimate of drug-likeness (QED) is 0.801. The van der Waals surface area contributed by atoms with Crippen molar-refractivity contribution in [2.24, 2.45) is 0 Å². The molecule has 0 heterocycles. The van der Waals surface area contributed by atoms with E-state index in [1.54, 1.807) is 0 Å². The average molecular weight is 248 g/mol. The first-order valence-electron chi connectivity index (χ1n) is 6.44. The molecule has 18 heavy (non-hydrogen) atoms. The van der Waals surface area contributed by atoms with E-state index in [1.165, 1.54) is 12.8 Å². The predicted octanol–water partition coefficient (Wildman–Crippen LogP) is 2.01. The number of hydrogen-bond acceptors (Lipinski definition) is 3. The van der Waals surface area contributed by atoms with Crippen molar-refractivity contribution in [2.75, 3.05) is 12.3 Å². The summed E-state index contributed by atoms with van der Waals surface area (Å²) < 4.78 is 5.50. The lowest BCUT2D eigenvalue weighted by atomic mass is 10.2. The molecule has 98 valence electrons. The van der Waals surface area contributed by atoms with Crippen molar-refractivity contribution in [2.45, 2.75) is 38.6 Å². The van der Waals surface area contributed by atoms with Crippen LogP contribution in [0, 0.1) is 6.92 Å². The van der Waals surface area contributed by atoms with Crippen LogP contribution in [0.15, 0.2) is 18.2 Å². The maximum atomic E-state index is 11.7. The Hall–Kier alpha value is -1.71. The average Bonchev–Trinajstić information content (AvgIpc) is 2.84. The van der Waals surface area contributed by atoms with Crippen molar-refractivity contribution in [3.05, 3.63) is 23.8 Å². The fourth-order valence-corrected chi connectivity index (χ4v) is 2.27. The van der Waals surface area contributed by atoms with Crippen molar-refractivity contribution in [1.29, 1.82) is 0 Å². The van der Waals surface area contributed by atoms with Crippen LogP contribution in [0.1, 0.15) is 31.2 Å². The van der Waals surface area contributed by atoms with Crippen LogP contribution in [0.4, 0.5) is 5.69 Å². The van der Waals surface area contributed by atoms with Gasteiger partial charge in [-0.1, -0.05) is 18.9 Å². The zero-order valence-corrected chi connectivity index (χ0v) is 10.7. The van der Waals surface area contributed by atoms with E-state index in [-0.39, 0.29) is 12.5 Å². The molecule has 0 aliphatic heterocycles. The lowest BCUT2D eigenvalue weighted by Gasteiger charge is -2.14. The van der Waals surface area contributed by atoms with Crippen LogP contribution in [0.3, 0.4) is 0 Å². The fourth-order valence-electron chi connectivity index (χ4n) is 2.27. The van der Waals surface area contributed by atoms with Crippen LogP contribution in [0.5, 0.6) is 5.75 Å². The highest BCUT2D eigenvalue weighted by atomic mass is 16.5. The molecule has 0 spiro atoms. The van der Waals surface area contributed by atoms with Crippen LogP contribution in [0.2, 0.25) is 0 Å². The highest BCUT2D eigenvalue weighted by Gasteiger charge is 2.17. The Bertz CT molecular complexity index is 426. The Morgan fingerprint density at radius 1 is 1.44 bits per heavy atom. The fraction of sp³-hybridized carbons (Fsp3) is 0.500. The molecule has 0 atom stereocenters. The molecule has 1 fully saturated rings. The number of nitrogens with one attached hydrogen (secondary N) is 1. The summed E-state index contributed by atoms with van der Waals surface area (Å²) in [4.78, 5) is 11.7. The molecule has 1 aliphatic carbocycles. The van der Waals surface area contributed by atoms with Gasteiger partial charge in [0.25, 0.3) is 5.91 Å². The van der Waals surface area contributed by atoms with Gasteiger partial charge in [-0.15, -0.1) is 0 Å². The van der Waals surface area contributed by atoms with E-state index in [1.807, 2.05) is 25.1 Å². The number of nitrogen functional groups attached to an aromatic ring is 1. The van der Waals surface area contributed by atoms with Crippen LogP contribution in [-0.4, -0.2) is 18.6 Å². The number of ether oxygens (including phenoxy) is 1. The molecule has 0 aromatic heterocycles. The minimum Gasteiger partial charge on any atom is -0.483 e. The highest BCUT2D eigenvalue weighted by Crippen LogP contribution is 2.22. The topological polar surface area (TPSA) is 64.3 Å². The van der Waals surface area contributed by atoms with Gasteiger partial charge in [-0.3, -0.25) is 4.79 Å². The Morgan fingerprint density at radius 2 is 2.17 bits per heavy atom. The smallest absolute Gasteiger partial charge is 0.258 e. The third kappa shape index (κ3) is 3.15. The molecule has 0 saturated heterocycles. The zero-order chi connectivity index (χ0) is 13.0. The van der Waals surface area contributed by atoms with Crippen molar-refractivity contribution in [3.8, 4) is 5.75 Å². The summed E-state index contributed by atoms with van der Waals surface area (Å²) in [6, 6.07) is 5.81. The van der Waals surface area contributed by atoms with E-state index < -0.39 is 0 Å². The lowest BCUT2D eigenvalue weighted by Crippen LogP contribution is -2.36. The van der Waals surface area contributed by atoms with Crippen LogP contribution in [-0.2, 0) is 4.79 Å². The van der Waals surface area contributed by atoms with Crippen LogP contribution >= 0.6 is 0 Å². The summed E-state index contributed by atoms with van der Waals surface area (Å²) in [5.74, 6) is 0.625. The molecule has 0 bridgehead atoms. The van der Waals surface area contributed by atoms with Gasteiger partial charge in [0.1, 0.15) is 5.75 Å². The zero-order valence-electron chi connectivity index (χ0n) is 10.7. The molecule has 0 unspecified atom stereocenters. The first-order chi connectivity index (χ1) is 8.66. The maximum Gasteiger partial charge on any atom is 0.258 e. The molecule has 1 saturated carbocycles. The second-order valence-electron chi connectivity index (χ2n) is 4.81. The van der Waals surface area contributed by atoms with Crippen molar-refractivity contribution in [3.63, 3.8) is 0 Å². The third-order valence-electron chi connectivity index (χ3n) is 3.41. The summed E-state index contributed by atoms with van der Waals surface area (Å²) in [7, 11) is 0. The number of amides is 1. The Labute approximate surface area is 108 Å². The number of hydrogen-bond donors (Lipinski definition) is 2. The van der Waals surface area contributed by atoms with Gasteiger partial charge in [0.15, 0.2) is 6.61 Å². The van der Waals surface area contributed by atoms with E-state index in [0.29, 0.717) is 17.5 Å². The third-order valence-corrected chi connectivity index (χ3v) is 3.41. The monoisotopic (exact) mass is 248 g/mol. The van der Waals surface area contributed by atoms with Gasteiger partial charge in [0.2, 0.25) is 0 Å². The normalized spacial score (nSPS) is 15.6. The molecule has 1 aromatic rings. The Balaban J connectivity index is 1.83. The highest BCUT2D eigenvalue weighted by molar-refractivity contribution is 5.78. The van der Waals surface area contributed by atoms with E-state index in [4.69, 9.17) is 10.5 Å². The molecule has 0 radical (unpaired) electrons. The van der Waals surface area contributed by atoms with Gasteiger partial charge in [-0.05, 0) is 31.9 Å². The number of carbonyl (C=O) groups is 1. The largest absolute Gasteiger partial charge is 0.483 e. The summed E-state index contributed by atoms with van der Waals surface area (Å²) in [6.07, 6.45) is 4.59. The Morgan fingerprint density at radius 3 is 2.89 bits per heavy atom. The number of benzene rings is 1. The summed E-state index contributed by atoms with van der Waals surface area (Å²) in [5.41, 5.74) is 7.34. The van der Waals surface area contributed by atoms with Gasteiger partial charge in [0.05, 0.1) is 0 Å². The van der Waals surface area contributed by atoms with Gasteiger partial charge >= 0.3 is 0 Å². The molecular formula is C14H20N2O2. The van der Waals surface area contributed by atoms with Gasteiger partial charge in [0, 0.05) is 17.3 Å². The summed E-state index contributed by atoms with van der Waals surface area (Å²) in [5, 5.41) is 2.99. The van der Waals surface area contributed by atoms with Crippen molar-refractivity contribution < 1.29 is 9.53 Å². The van der Waals surface area contributed by atoms with Gasteiger partial charge in [-0.25, -0.2) is 0 Å². The van der Waals surface area contributed by atoms with Crippen LogP contribution in [0.25, 0.3) is 0 Å².